The van der Waals surface area contributed by atoms with Crippen LogP contribution in [0.15, 0.2) is 78.2 Å². The first-order valence-electron chi connectivity index (χ1n) is 11.5. The maximum absolute atomic E-state index is 11.1. The zero-order chi connectivity index (χ0) is 24.5. The fourth-order valence-corrected chi connectivity index (χ4v) is 4.10. The molecule has 3 aromatic rings. The second-order valence-corrected chi connectivity index (χ2v) is 8.48. The van der Waals surface area contributed by atoms with Crippen LogP contribution in [0.1, 0.15) is 23.5 Å². The minimum atomic E-state index is -0.687. The van der Waals surface area contributed by atoms with Crippen LogP contribution in [0.3, 0.4) is 0 Å². The number of hydrogen-bond donors (Lipinski definition) is 2. The third kappa shape index (κ3) is 7.38. The van der Waals surface area contributed by atoms with Crippen molar-refractivity contribution < 1.29 is 10.0 Å². The van der Waals surface area contributed by atoms with Gasteiger partial charge in [-0.05, 0) is 30.3 Å². The highest BCUT2D eigenvalue weighted by atomic mass is 16.6. The molecule has 35 heavy (non-hydrogen) atoms. The molecule has 3 aromatic heterocycles. The topological polar surface area (TPSA) is 124 Å². The monoisotopic (exact) mass is 475 g/mol. The average molecular weight is 476 g/mol. The Morgan fingerprint density at radius 3 is 2.43 bits per heavy atom. The van der Waals surface area contributed by atoms with E-state index in [9.17, 15) is 15.2 Å². The number of aliphatic imine (C=N–C) groups is 1. The number of aromatic amines is 1. The molecule has 0 saturated heterocycles. The van der Waals surface area contributed by atoms with Gasteiger partial charge in [0.25, 0.3) is 5.69 Å². The second kappa shape index (κ2) is 12.1. The number of H-pyrrole nitrogens is 1. The SMILES string of the molecule is O=[N+]([O-])c1c[nH]c(CN(Cc2ccccn2)CC(O)CN(Cc2ccccn2)C2CC=CC=N2)c1. The number of nitrogens with zero attached hydrogens (tertiary/aromatic N) is 6. The van der Waals surface area contributed by atoms with E-state index in [0.717, 1.165) is 17.8 Å². The Bertz CT molecular complexity index is 1130. The molecule has 0 aliphatic carbocycles. The van der Waals surface area contributed by atoms with E-state index in [2.05, 4.69) is 30.9 Å². The van der Waals surface area contributed by atoms with E-state index in [1.54, 1.807) is 18.6 Å². The lowest BCUT2D eigenvalue weighted by Crippen LogP contribution is -2.44. The summed E-state index contributed by atoms with van der Waals surface area (Å²) in [6.07, 6.45) is 10.7. The Morgan fingerprint density at radius 2 is 1.83 bits per heavy atom. The number of dihydropyridines is 1. The van der Waals surface area contributed by atoms with E-state index in [1.165, 1.54) is 12.3 Å². The van der Waals surface area contributed by atoms with Crippen molar-refractivity contribution >= 4 is 11.9 Å². The molecular weight excluding hydrogens is 446 g/mol. The van der Waals surface area contributed by atoms with Gasteiger partial charge < -0.3 is 10.1 Å². The molecule has 1 aliphatic heterocycles. The van der Waals surface area contributed by atoms with E-state index < -0.39 is 11.0 Å². The van der Waals surface area contributed by atoms with E-state index in [-0.39, 0.29) is 11.9 Å². The van der Waals surface area contributed by atoms with Crippen LogP contribution in [0, 0.1) is 10.1 Å². The Morgan fingerprint density at radius 1 is 1.09 bits per heavy atom. The van der Waals surface area contributed by atoms with Crippen LogP contribution in [-0.4, -0.2) is 66.4 Å². The van der Waals surface area contributed by atoms with Crippen molar-refractivity contribution in [3.8, 4) is 0 Å². The summed E-state index contributed by atoms with van der Waals surface area (Å²) in [5, 5.41) is 22.2. The van der Waals surface area contributed by atoms with Crippen LogP contribution < -0.4 is 0 Å². The van der Waals surface area contributed by atoms with Gasteiger partial charge in [0.2, 0.25) is 0 Å². The average Bonchev–Trinajstić information content (AvgIpc) is 3.34. The standard InChI is InChI=1S/C25H29N7O3/c33-24(19-31(25-9-3-6-12-28-25)17-21-8-2-5-11-27-21)18-30(15-20-7-1-4-10-26-20)16-22-13-23(14-29-22)32(34)35/h1-8,10-14,24-25,29,33H,9,15-19H2. The van der Waals surface area contributed by atoms with Crippen LogP contribution in [0.25, 0.3) is 0 Å². The number of hydrogen-bond acceptors (Lipinski definition) is 8. The molecule has 2 N–H and O–H groups in total. The van der Waals surface area contributed by atoms with E-state index >= 15 is 0 Å². The highest BCUT2D eigenvalue weighted by Crippen LogP contribution is 2.17. The van der Waals surface area contributed by atoms with Crippen LogP contribution in [0.5, 0.6) is 0 Å². The van der Waals surface area contributed by atoms with Gasteiger partial charge in [-0.2, -0.15) is 0 Å². The molecule has 4 rings (SSSR count). The summed E-state index contributed by atoms with van der Waals surface area (Å²) in [4.78, 5) is 31.2. The summed E-state index contributed by atoms with van der Waals surface area (Å²) in [5.74, 6) is 0. The summed E-state index contributed by atoms with van der Waals surface area (Å²) in [6.45, 7) is 2.22. The number of nitro groups is 1. The van der Waals surface area contributed by atoms with Crippen molar-refractivity contribution in [2.24, 2.45) is 4.99 Å². The number of nitrogens with one attached hydrogen (secondary N) is 1. The molecule has 2 unspecified atom stereocenters. The molecule has 0 aromatic carbocycles. The highest BCUT2D eigenvalue weighted by Gasteiger charge is 2.23. The summed E-state index contributed by atoms with van der Waals surface area (Å²) in [6, 6.07) is 13.0. The van der Waals surface area contributed by atoms with Crippen LogP contribution in [0.4, 0.5) is 5.69 Å². The predicted molar refractivity (Wildman–Crippen MR) is 132 cm³/mol. The van der Waals surface area contributed by atoms with Crippen molar-refractivity contribution in [2.45, 2.75) is 38.3 Å². The van der Waals surface area contributed by atoms with Crippen molar-refractivity contribution in [3.05, 3.63) is 100 Å². The maximum atomic E-state index is 11.1. The molecule has 10 nitrogen and oxygen atoms in total. The first-order chi connectivity index (χ1) is 17.1. The number of allylic oxidation sites excluding steroid dienone is 1. The molecule has 4 heterocycles. The van der Waals surface area contributed by atoms with Gasteiger partial charge in [-0.3, -0.25) is 34.9 Å². The number of aromatic nitrogens is 3. The Hall–Kier alpha value is -3.73. The van der Waals surface area contributed by atoms with Crippen LogP contribution in [0.2, 0.25) is 0 Å². The van der Waals surface area contributed by atoms with Crippen LogP contribution in [-0.2, 0) is 19.6 Å². The van der Waals surface area contributed by atoms with Crippen molar-refractivity contribution in [2.75, 3.05) is 13.1 Å². The summed E-state index contributed by atoms with van der Waals surface area (Å²) in [5.41, 5.74) is 2.48. The van der Waals surface area contributed by atoms with Gasteiger partial charge in [-0.15, -0.1) is 0 Å². The van der Waals surface area contributed by atoms with Gasteiger partial charge in [0, 0.05) is 69.5 Å². The lowest BCUT2D eigenvalue weighted by Gasteiger charge is -2.32. The molecule has 0 saturated carbocycles. The second-order valence-electron chi connectivity index (χ2n) is 8.48. The first kappa shape index (κ1) is 24.4. The van der Waals surface area contributed by atoms with Gasteiger partial charge >= 0.3 is 0 Å². The molecular formula is C25H29N7O3. The molecule has 10 heteroatoms. The third-order valence-electron chi connectivity index (χ3n) is 5.70. The van der Waals surface area contributed by atoms with E-state index in [1.807, 2.05) is 47.4 Å². The van der Waals surface area contributed by atoms with Crippen molar-refractivity contribution in [1.29, 1.82) is 0 Å². The summed E-state index contributed by atoms with van der Waals surface area (Å²) in [7, 11) is 0. The summed E-state index contributed by atoms with van der Waals surface area (Å²) >= 11 is 0. The Balaban J connectivity index is 1.46. The first-order valence-corrected chi connectivity index (χ1v) is 11.5. The lowest BCUT2D eigenvalue weighted by molar-refractivity contribution is -0.384. The van der Waals surface area contributed by atoms with Crippen molar-refractivity contribution in [1.82, 2.24) is 24.8 Å². The minimum absolute atomic E-state index is 0.0167. The molecule has 0 amide bonds. The van der Waals surface area contributed by atoms with Gasteiger partial charge in [0.1, 0.15) is 6.17 Å². The van der Waals surface area contributed by atoms with Gasteiger partial charge in [0.05, 0.1) is 28.6 Å². The lowest BCUT2D eigenvalue weighted by atomic mass is 10.2. The van der Waals surface area contributed by atoms with E-state index in [0.29, 0.717) is 38.4 Å². The Kier molecular flexibility index (Phi) is 8.44. The quantitative estimate of drug-likeness (QED) is 0.305. The zero-order valence-electron chi connectivity index (χ0n) is 19.3. The van der Waals surface area contributed by atoms with Gasteiger partial charge in [-0.1, -0.05) is 18.2 Å². The Labute approximate surface area is 203 Å². The highest BCUT2D eigenvalue weighted by molar-refractivity contribution is 5.72. The molecule has 0 spiro atoms. The molecule has 1 aliphatic rings. The van der Waals surface area contributed by atoms with Gasteiger partial charge in [-0.25, -0.2) is 0 Å². The zero-order valence-corrected chi connectivity index (χ0v) is 19.3. The normalized spacial score (nSPS) is 16.1. The molecule has 2 atom stereocenters. The molecule has 0 radical (unpaired) electrons. The molecule has 0 fully saturated rings. The molecule has 182 valence electrons. The maximum Gasteiger partial charge on any atom is 0.287 e. The fourth-order valence-electron chi connectivity index (χ4n) is 4.10. The number of pyridine rings is 2. The largest absolute Gasteiger partial charge is 0.390 e. The fraction of sp³-hybridized carbons (Fsp3) is 0.320. The predicted octanol–water partition coefficient (Wildman–Crippen LogP) is 2.94. The van der Waals surface area contributed by atoms with E-state index in [4.69, 9.17) is 0 Å². The minimum Gasteiger partial charge on any atom is -0.390 e. The van der Waals surface area contributed by atoms with Crippen molar-refractivity contribution in [3.63, 3.8) is 0 Å². The van der Waals surface area contributed by atoms with Gasteiger partial charge in [0.15, 0.2) is 0 Å². The number of aliphatic hydroxyl groups excluding tert-OH is 1. The van der Waals surface area contributed by atoms with Crippen LogP contribution >= 0.6 is 0 Å². The summed E-state index contributed by atoms with van der Waals surface area (Å²) < 4.78 is 0. The third-order valence-corrected chi connectivity index (χ3v) is 5.70. The molecule has 0 bridgehead atoms. The number of aliphatic hydroxyl groups is 1. The number of rotatable bonds is 12. The smallest absolute Gasteiger partial charge is 0.287 e.